The average Bonchev–Trinajstić information content (AvgIpc) is 2.97. The number of para-hydroxylation sites is 1. The van der Waals surface area contributed by atoms with E-state index in [2.05, 4.69) is 46.5 Å². The molecule has 0 saturated heterocycles. The number of anilines is 2. The molecular weight excluding hydrogens is 302 g/mol. The summed E-state index contributed by atoms with van der Waals surface area (Å²) in [6.07, 6.45) is 3.77. The van der Waals surface area contributed by atoms with Crippen LogP contribution in [0.1, 0.15) is 5.56 Å². The number of nitrogens with zero attached hydrogens (tertiary/aromatic N) is 2. The molecule has 1 N–H and O–H groups in total. The lowest BCUT2D eigenvalue weighted by Gasteiger charge is -2.01. The van der Waals surface area contributed by atoms with Crippen molar-refractivity contribution in [2.45, 2.75) is 6.92 Å². The SMILES string of the molecule is Cc1cncc(-c2ccc3nc(Nc4ccccc4)sc3c2)c1. The Kier molecular flexibility index (Phi) is 3.52. The Bertz CT molecular complexity index is 961. The van der Waals surface area contributed by atoms with Crippen molar-refractivity contribution >= 4 is 32.4 Å². The number of nitrogens with one attached hydrogen (secondary N) is 1. The molecule has 2 aromatic carbocycles. The zero-order valence-electron chi connectivity index (χ0n) is 12.7. The summed E-state index contributed by atoms with van der Waals surface area (Å²) in [4.78, 5) is 8.93. The molecule has 0 aliphatic rings. The highest BCUT2D eigenvalue weighted by molar-refractivity contribution is 7.22. The fraction of sp³-hybridized carbons (Fsp3) is 0.0526. The Morgan fingerprint density at radius 2 is 1.78 bits per heavy atom. The number of thiazole rings is 1. The molecule has 0 fully saturated rings. The largest absolute Gasteiger partial charge is 0.332 e. The minimum atomic E-state index is 0.908. The lowest BCUT2D eigenvalue weighted by Crippen LogP contribution is -1.87. The first-order valence-electron chi connectivity index (χ1n) is 7.43. The minimum absolute atomic E-state index is 0.908. The van der Waals surface area contributed by atoms with E-state index in [1.165, 1.54) is 15.8 Å². The third-order valence-electron chi connectivity index (χ3n) is 3.62. The van der Waals surface area contributed by atoms with Crippen molar-refractivity contribution in [2.75, 3.05) is 5.32 Å². The topological polar surface area (TPSA) is 37.8 Å². The van der Waals surface area contributed by atoms with Crippen LogP contribution in [0.5, 0.6) is 0 Å². The van der Waals surface area contributed by atoms with Crippen LogP contribution in [0.2, 0.25) is 0 Å². The van der Waals surface area contributed by atoms with Crippen LogP contribution in [0.25, 0.3) is 21.3 Å². The van der Waals surface area contributed by atoms with E-state index in [9.17, 15) is 0 Å². The van der Waals surface area contributed by atoms with E-state index >= 15 is 0 Å². The molecule has 0 aliphatic heterocycles. The molecule has 23 heavy (non-hydrogen) atoms. The normalized spacial score (nSPS) is 10.8. The van der Waals surface area contributed by atoms with Gasteiger partial charge in [-0.1, -0.05) is 35.6 Å². The number of rotatable bonds is 3. The van der Waals surface area contributed by atoms with Crippen LogP contribution < -0.4 is 5.32 Å². The maximum Gasteiger partial charge on any atom is 0.188 e. The van der Waals surface area contributed by atoms with Crippen molar-refractivity contribution in [3.63, 3.8) is 0 Å². The van der Waals surface area contributed by atoms with Crippen LogP contribution in [0.3, 0.4) is 0 Å². The Morgan fingerprint density at radius 3 is 2.61 bits per heavy atom. The lowest BCUT2D eigenvalue weighted by molar-refractivity contribution is 1.27. The van der Waals surface area contributed by atoms with Gasteiger partial charge < -0.3 is 5.32 Å². The molecule has 0 saturated carbocycles. The van der Waals surface area contributed by atoms with Crippen LogP contribution in [-0.2, 0) is 0 Å². The monoisotopic (exact) mass is 317 g/mol. The van der Waals surface area contributed by atoms with Crippen molar-refractivity contribution in [1.82, 2.24) is 9.97 Å². The number of aromatic nitrogens is 2. The van der Waals surface area contributed by atoms with Crippen molar-refractivity contribution in [2.24, 2.45) is 0 Å². The number of hydrogen-bond acceptors (Lipinski definition) is 4. The highest BCUT2D eigenvalue weighted by Gasteiger charge is 2.06. The van der Waals surface area contributed by atoms with Gasteiger partial charge in [-0.2, -0.15) is 0 Å². The number of benzene rings is 2. The predicted molar refractivity (Wildman–Crippen MR) is 97.3 cm³/mol. The van der Waals surface area contributed by atoms with Crippen molar-refractivity contribution in [3.05, 3.63) is 72.6 Å². The van der Waals surface area contributed by atoms with Gasteiger partial charge in [0.15, 0.2) is 5.13 Å². The van der Waals surface area contributed by atoms with Gasteiger partial charge in [-0.05, 0) is 48.4 Å². The standard InChI is InChI=1S/C19H15N3S/c1-13-9-15(12-20-11-13)14-7-8-17-18(10-14)23-19(22-17)21-16-5-3-2-4-6-16/h2-12H,1H3,(H,21,22). The van der Waals surface area contributed by atoms with Gasteiger partial charge in [0.2, 0.25) is 0 Å². The Hall–Kier alpha value is -2.72. The highest BCUT2D eigenvalue weighted by atomic mass is 32.1. The molecule has 2 aromatic heterocycles. The van der Waals surface area contributed by atoms with Gasteiger partial charge in [0.1, 0.15) is 0 Å². The minimum Gasteiger partial charge on any atom is -0.332 e. The average molecular weight is 317 g/mol. The maximum absolute atomic E-state index is 4.65. The van der Waals surface area contributed by atoms with Gasteiger partial charge in [0, 0.05) is 23.6 Å². The van der Waals surface area contributed by atoms with E-state index in [0.717, 1.165) is 21.9 Å². The summed E-state index contributed by atoms with van der Waals surface area (Å²) in [5, 5.41) is 4.26. The smallest absolute Gasteiger partial charge is 0.188 e. The molecule has 0 aliphatic carbocycles. The summed E-state index contributed by atoms with van der Waals surface area (Å²) >= 11 is 1.66. The van der Waals surface area contributed by atoms with Gasteiger partial charge in [0.05, 0.1) is 10.2 Å². The third-order valence-corrected chi connectivity index (χ3v) is 4.56. The second-order valence-corrected chi connectivity index (χ2v) is 6.47. The number of aryl methyl sites for hydroxylation is 1. The molecule has 0 spiro atoms. The molecular formula is C19H15N3S. The summed E-state index contributed by atoms with van der Waals surface area (Å²) < 4.78 is 1.17. The Labute approximate surface area is 138 Å². The summed E-state index contributed by atoms with van der Waals surface area (Å²) in [5.41, 5.74) is 5.53. The van der Waals surface area contributed by atoms with Gasteiger partial charge in [-0.3, -0.25) is 4.98 Å². The fourth-order valence-electron chi connectivity index (χ4n) is 2.52. The van der Waals surface area contributed by atoms with Crippen molar-refractivity contribution in [3.8, 4) is 11.1 Å². The molecule has 4 rings (SSSR count). The van der Waals surface area contributed by atoms with E-state index in [1.807, 2.05) is 42.7 Å². The van der Waals surface area contributed by atoms with Crippen LogP contribution in [0, 0.1) is 6.92 Å². The first-order chi connectivity index (χ1) is 11.3. The molecule has 0 radical (unpaired) electrons. The van der Waals surface area contributed by atoms with E-state index in [4.69, 9.17) is 0 Å². The van der Waals surface area contributed by atoms with E-state index < -0.39 is 0 Å². The number of fused-ring (bicyclic) bond motifs is 1. The van der Waals surface area contributed by atoms with Crippen LogP contribution >= 0.6 is 11.3 Å². The second kappa shape index (κ2) is 5.82. The quantitative estimate of drug-likeness (QED) is 0.549. The molecule has 112 valence electrons. The highest BCUT2D eigenvalue weighted by Crippen LogP contribution is 2.31. The summed E-state index contributed by atoms with van der Waals surface area (Å²) in [6, 6.07) is 18.6. The summed E-state index contributed by atoms with van der Waals surface area (Å²) in [6.45, 7) is 2.06. The van der Waals surface area contributed by atoms with Crippen LogP contribution in [0.15, 0.2) is 67.0 Å². The molecule has 4 heteroatoms. The summed E-state index contributed by atoms with van der Waals surface area (Å²) in [5.74, 6) is 0. The molecule has 0 atom stereocenters. The Balaban J connectivity index is 1.69. The van der Waals surface area contributed by atoms with Crippen LogP contribution in [0.4, 0.5) is 10.8 Å². The first kappa shape index (κ1) is 13.9. The van der Waals surface area contributed by atoms with Crippen molar-refractivity contribution < 1.29 is 0 Å². The molecule has 2 heterocycles. The maximum atomic E-state index is 4.65. The molecule has 0 bridgehead atoms. The zero-order valence-corrected chi connectivity index (χ0v) is 13.5. The molecule has 4 aromatic rings. The molecule has 3 nitrogen and oxygen atoms in total. The number of pyridine rings is 1. The van der Waals surface area contributed by atoms with E-state index in [0.29, 0.717) is 0 Å². The predicted octanol–water partition coefficient (Wildman–Crippen LogP) is 5.41. The van der Waals surface area contributed by atoms with E-state index in [-0.39, 0.29) is 0 Å². The summed E-state index contributed by atoms with van der Waals surface area (Å²) in [7, 11) is 0. The van der Waals surface area contributed by atoms with Gasteiger partial charge in [0.25, 0.3) is 0 Å². The van der Waals surface area contributed by atoms with Gasteiger partial charge in [-0.25, -0.2) is 4.98 Å². The third kappa shape index (κ3) is 2.94. The Morgan fingerprint density at radius 1 is 0.913 bits per heavy atom. The van der Waals surface area contributed by atoms with Gasteiger partial charge in [-0.15, -0.1) is 0 Å². The molecule has 0 unspecified atom stereocenters. The zero-order chi connectivity index (χ0) is 15.6. The van der Waals surface area contributed by atoms with E-state index in [1.54, 1.807) is 11.3 Å². The fourth-order valence-corrected chi connectivity index (χ4v) is 3.44. The second-order valence-electron chi connectivity index (χ2n) is 5.44. The first-order valence-corrected chi connectivity index (χ1v) is 8.24. The number of hydrogen-bond donors (Lipinski definition) is 1. The molecule has 0 amide bonds. The lowest BCUT2D eigenvalue weighted by atomic mass is 10.1. The van der Waals surface area contributed by atoms with Crippen molar-refractivity contribution in [1.29, 1.82) is 0 Å². The van der Waals surface area contributed by atoms with Gasteiger partial charge >= 0.3 is 0 Å². The van der Waals surface area contributed by atoms with Crippen LogP contribution in [-0.4, -0.2) is 9.97 Å².